The standard InChI is InChI=1S/C10H9F2N3O/c1-15-8(13)4-6(14-15)5-2-3-7(16)10(12)9(5)11/h2-4,16H,13H2,1H3. The number of aryl methyl sites for hydroxylation is 1. The maximum atomic E-state index is 13.5. The summed E-state index contributed by atoms with van der Waals surface area (Å²) in [7, 11) is 1.59. The summed E-state index contributed by atoms with van der Waals surface area (Å²) >= 11 is 0. The highest BCUT2D eigenvalue weighted by Crippen LogP contribution is 2.28. The molecular formula is C10H9F2N3O. The van der Waals surface area contributed by atoms with Crippen molar-refractivity contribution in [2.24, 2.45) is 7.05 Å². The monoisotopic (exact) mass is 225 g/mol. The van der Waals surface area contributed by atoms with Gasteiger partial charge in [-0.1, -0.05) is 0 Å². The maximum Gasteiger partial charge on any atom is 0.201 e. The summed E-state index contributed by atoms with van der Waals surface area (Å²) in [5, 5.41) is 12.9. The van der Waals surface area contributed by atoms with E-state index in [1.165, 1.54) is 16.8 Å². The number of nitrogens with two attached hydrogens (primary N) is 1. The Hall–Kier alpha value is -2.11. The molecule has 16 heavy (non-hydrogen) atoms. The number of aromatic hydroxyl groups is 1. The van der Waals surface area contributed by atoms with Crippen molar-refractivity contribution in [2.45, 2.75) is 0 Å². The number of phenols is 1. The Bertz CT molecular complexity index is 532. The third kappa shape index (κ3) is 1.48. The van der Waals surface area contributed by atoms with Gasteiger partial charge in [0.05, 0.1) is 5.69 Å². The molecule has 0 spiro atoms. The Morgan fingerprint density at radius 3 is 2.56 bits per heavy atom. The van der Waals surface area contributed by atoms with Crippen LogP contribution in [-0.2, 0) is 7.05 Å². The Morgan fingerprint density at radius 2 is 2.00 bits per heavy atom. The number of hydrogen-bond donors (Lipinski definition) is 2. The van der Waals surface area contributed by atoms with Gasteiger partial charge in [0, 0.05) is 18.7 Å². The van der Waals surface area contributed by atoms with E-state index >= 15 is 0 Å². The summed E-state index contributed by atoms with van der Waals surface area (Å²) in [6.45, 7) is 0. The van der Waals surface area contributed by atoms with Crippen molar-refractivity contribution in [3.05, 3.63) is 29.8 Å². The Morgan fingerprint density at radius 1 is 1.31 bits per heavy atom. The highest BCUT2D eigenvalue weighted by atomic mass is 19.2. The van der Waals surface area contributed by atoms with E-state index in [-0.39, 0.29) is 11.3 Å². The predicted molar refractivity (Wildman–Crippen MR) is 54.6 cm³/mol. The normalized spacial score (nSPS) is 10.7. The number of benzene rings is 1. The third-order valence-corrected chi connectivity index (χ3v) is 2.25. The second kappa shape index (κ2) is 3.48. The topological polar surface area (TPSA) is 64.1 Å². The number of nitrogen functional groups attached to an aromatic ring is 1. The van der Waals surface area contributed by atoms with Crippen LogP contribution < -0.4 is 5.73 Å². The lowest BCUT2D eigenvalue weighted by Crippen LogP contribution is -1.97. The first-order valence-electron chi connectivity index (χ1n) is 4.47. The van der Waals surface area contributed by atoms with Crippen LogP contribution in [0.5, 0.6) is 5.75 Å². The molecule has 2 rings (SSSR count). The SMILES string of the molecule is Cn1nc(-c2ccc(O)c(F)c2F)cc1N. The smallest absolute Gasteiger partial charge is 0.201 e. The van der Waals surface area contributed by atoms with E-state index in [4.69, 9.17) is 10.8 Å². The van der Waals surface area contributed by atoms with Gasteiger partial charge in [-0.05, 0) is 12.1 Å². The average molecular weight is 225 g/mol. The predicted octanol–water partition coefficient (Wildman–Crippen LogP) is 1.65. The lowest BCUT2D eigenvalue weighted by Gasteiger charge is -2.01. The molecule has 0 aliphatic heterocycles. The molecule has 6 heteroatoms. The van der Waals surface area contributed by atoms with Crippen LogP contribution in [-0.4, -0.2) is 14.9 Å². The van der Waals surface area contributed by atoms with Gasteiger partial charge in [0.25, 0.3) is 0 Å². The van der Waals surface area contributed by atoms with E-state index < -0.39 is 17.4 Å². The van der Waals surface area contributed by atoms with Gasteiger partial charge >= 0.3 is 0 Å². The molecule has 0 unspecified atom stereocenters. The van der Waals surface area contributed by atoms with Gasteiger partial charge in [0.2, 0.25) is 5.82 Å². The number of nitrogens with zero attached hydrogens (tertiary/aromatic N) is 2. The van der Waals surface area contributed by atoms with Gasteiger partial charge in [-0.3, -0.25) is 4.68 Å². The van der Waals surface area contributed by atoms with E-state index in [0.29, 0.717) is 5.82 Å². The first kappa shape index (κ1) is 10.4. The highest BCUT2D eigenvalue weighted by Gasteiger charge is 2.16. The van der Waals surface area contributed by atoms with E-state index in [1.807, 2.05) is 0 Å². The van der Waals surface area contributed by atoms with Crippen molar-refractivity contribution in [3.8, 4) is 17.0 Å². The van der Waals surface area contributed by atoms with Crippen LogP contribution in [0, 0.1) is 11.6 Å². The lowest BCUT2D eigenvalue weighted by molar-refractivity contribution is 0.408. The van der Waals surface area contributed by atoms with Gasteiger partial charge in [-0.2, -0.15) is 9.49 Å². The van der Waals surface area contributed by atoms with Crippen LogP contribution in [0.15, 0.2) is 18.2 Å². The van der Waals surface area contributed by atoms with E-state index in [1.54, 1.807) is 7.05 Å². The van der Waals surface area contributed by atoms with Crippen molar-refractivity contribution in [1.29, 1.82) is 0 Å². The van der Waals surface area contributed by atoms with Crippen molar-refractivity contribution in [1.82, 2.24) is 9.78 Å². The molecule has 0 saturated heterocycles. The highest BCUT2D eigenvalue weighted by molar-refractivity contribution is 5.64. The molecule has 0 radical (unpaired) electrons. The fourth-order valence-electron chi connectivity index (χ4n) is 1.35. The maximum absolute atomic E-state index is 13.5. The van der Waals surface area contributed by atoms with Crippen LogP contribution in [0.4, 0.5) is 14.6 Å². The third-order valence-electron chi connectivity index (χ3n) is 2.25. The minimum absolute atomic E-state index is 0.0393. The molecule has 0 bridgehead atoms. The van der Waals surface area contributed by atoms with Crippen molar-refractivity contribution in [2.75, 3.05) is 5.73 Å². The van der Waals surface area contributed by atoms with E-state index in [9.17, 15) is 8.78 Å². The number of aromatic nitrogens is 2. The lowest BCUT2D eigenvalue weighted by atomic mass is 10.1. The summed E-state index contributed by atoms with van der Waals surface area (Å²) in [5.74, 6) is -2.83. The summed E-state index contributed by atoms with van der Waals surface area (Å²) in [4.78, 5) is 0. The van der Waals surface area contributed by atoms with Crippen LogP contribution >= 0.6 is 0 Å². The zero-order valence-electron chi connectivity index (χ0n) is 8.41. The number of anilines is 1. The number of hydrogen-bond acceptors (Lipinski definition) is 3. The Kier molecular flexibility index (Phi) is 2.26. The molecule has 84 valence electrons. The molecule has 0 amide bonds. The molecule has 3 N–H and O–H groups in total. The fourth-order valence-corrected chi connectivity index (χ4v) is 1.35. The summed E-state index contributed by atoms with van der Waals surface area (Å²) < 4.78 is 27.9. The van der Waals surface area contributed by atoms with Crippen molar-refractivity contribution < 1.29 is 13.9 Å². The molecule has 0 atom stereocenters. The van der Waals surface area contributed by atoms with Gasteiger partial charge < -0.3 is 10.8 Å². The van der Waals surface area contributed by atoms with Gasteiger partial charge in [-0.25, -0.2) is 4.39 Å². The average Bonchev–Trinajstić information content (AvgIpc) is 2.56. The van der Waals surface area contributed by atoms with Gasteiger partial charge in [-0.15, -0.1) is 0 Å². The minimum Gasteiger partial charge on any atom is -0.505 e. The fraction of sp³-hybridized carbons (Fsp3) is 0.100. The molecule has 0 aliphatic rings. The van der Waals surface area contributed by atoms with Crippen LogP contribution in [0.3, 0.4) is 0 Å². The first-order valence-corrected chi connectivity index (χ1v) is 4.47. The summed E-state index contributed by atoms with van der Waals surface area (Å²) in [6, 6.07) is 3.74. The minimum atomic E-state index is -1.29. The second-order valence-electron chi connectivity index (χ2n) is 3.34. The Balaban J connectivity index is 2.61. The number of phenolic OH excluding ortho intramolecular Hbond substituents is 1. The molecule has 0 saturated carbocycles. The molecular weight excluding hydrogens is 216 g/mol. The van der Waals surface area contributed by atoms with Crippen LogP contribution in [0.25, 0.3) is 11.3 Å². The molecule has 4 nitrogen and oxygen atoms in total. The van der Waals surface area contributed by atoms with Crippen molar-refractivity contribution >= 4 is 5.82 Å². The Labute approximate surface area is 89.9 Å². The molecule has 0 aliphatic carbocycles. The number of halogens is 2. The zero-order chi connectivity index (χ0) is 11.9. The first-order chi connectivity index (χ1) is 7.50. The van der Waals surface area contributed by atoms with Crippen molar-refractivity contribution in [3.63, 3.8) is 0 Å². The molecule has 1 heterocycles. The van der Waals surface area contributed by atoms with Gasteiger partial charge in [0.15, 0.2) is 11.6 Å². The molecule has 1 aromatic carbocycles. The van der Waals surface area contributed by atoms with Crippen LogP contribution in [0.1, 0.15) is 0 Å². The molecule has 1 aromatic heterocycles. The van der Waals surface area contributed by atoms with Crippen LogP contribution in [0.2, 0.25) is 0 Å². The molecule has 2 aromatic rings. The summed E-state index contributed by atoms with van der Waals surface area (Å²) in [6.07, 6.45) is 0. The van der Waals surface area contributed by atoms with E-state index in [2.05, 4.69) is 5.10 Å². The van der Waals surface area contributed by atoms with Gasteiger partial charge in [0.1, 0.15) is 5.82 Å². The quantitative estimate of drug-likeness (QED) is 0.775. The summed E-state index contributed by atoms with van der Waals surface area (Å²) in [5.41, 5.74) is 5.71. The largest absolute Gasteiger partial charge is 0.505 e. The van der Waals surface area contributed by atoms with E-state index in [0.717, 1.165) is 6.07 Å². The second-order valence-corrected chi connectivity index (χ2v) is 3.34. The molecule has 0 fully saturated rings. The zero-order valence-corrected chi connectivity index (χ0v) is 8.41. The number of rotatable bonds is 1.